The summed E-state index contributed by atoms with van der Waals surface area (Å²) in [6.07, 6.45) is 1.90. The van der Waals surface area contributed by atoms with Gasteiger partial charge in [-0.1, -0.05) is 13.8 Å². The third kappa shape index (κ3) is 3.62. The van der Waals surface area contributed by atoms with Gasteiger partial charge in [0.05, 0.1) is 3.79 Å². The molecular formula is C13H21BrN2O2S2. The van der Waals surface area contributed by atoms with Gasteiger partial charge in [-0.3, -0.25) is 0 Å². The van der Waals surface area contributed by atoms with Crippen LogP contribution in [0.2, 0.25) is 0 Å². The maximum absolute atomic E-state index is 12.7. The number of sulfonamides is 1. The fourth-order valence-electron chi connectivity index (χ4n) is 2.27. The number of hydrogen-bond acceptors (Lipinski definition) is 4. The first-order valence-corrected chi connectivity index (χ1v) is 9.99. The molecule has 1 N–H and O–H groups in total. The maximum Gasteiger partial charge on any atom is 0.245 e. The molecule has 2 rings (SSSR count). The monoisotopic (exact) mass is 380 g/mol. The maximum atomic E-state index is 12.7. The predicted molar refractivity (Wildman–Crippen MR) is 86.6 cm³/mol. The van der Waals surface area contributed by atoms with Crippen molar-refractivity contribution in [3.63, 3.8) is 0 Å². The Balaban J connectivity index is 2.18. The number of rotatable bonds is 5. The molecule has 0 bridgehead atoms. The van der Waals surface area contributed by atoms with Gasteiger partial charge in [-0.2, -0.15) is 4.31 Å². The number of hydrogen-bond donors (Lipinski definition) is 1. The van der Waals surface area contributed by atoms with Gasteiger partial charge in [0.25, 0.3) is 0 Å². The van der Waals surface area contributed by atoms with E-state index >= 15 is 0 Å². The van der Waals surface area contributed by atoms with Crippen molar-refractivity contribution in [3.8, 4) is 0 Å². The van der Waals surface area contributed by atoms with Gasteiger partial charge < -0.3 is 5.32 Å². The van der Waals surface area contributed by atoms with Crippen LogP contribution in [-0.2, 0) is 16.6 Å². The van der Waals surface area contributed by atoms with E-state index in [4.69, 9.17) is 0 Å². The Morgan fingerprint density at radius 2 is 2.10 bits per heavy atom. The molecule has 1 fully saturated rings. The lowest BCUT2D eigenvalue weighted by Gasteiger charge is -2.29. The predicted octanol–water partition coefficient (Wildman–Crippen LogP) is 3.04. The lowest BCUT2D eigenvalue weighted by Crippen LogP contribution is -2.37. The summed E-state index contributed by atoms with van der Waals surface area (Å²) in [5.74, 6) is 0.622. The molecular weight excluding hydrogens is 360 g/mol. The molecule has 0 spiro atoms. The van der Waals surface area contributed by atoms with Crippen LogP contribution in [0.25, 0.3) is 0 Å². The summed E-state index contributed by atoms with van der Waals surface area (Å²) in [4.78, 5) is 1.47. The van der Waals surface area contributed by atoms with Crippen molar-refractivity contribution >= 4 is 37.3 Å². The molecule has 1 aliphatic rings. The molecule has 114 valence electrons. The van der Waals surface area contributed by atoms with Crippen LogP contribution in [0.1, 0.15) is 31.6 Å². The molecule has 20 heavy (non-hydrogen) atoms. The highest BCUT2D eigenvalue weighted by atomic mass is 79.9. The molecule has 0 amide bonds. The van der Waals surface area contributed by atoms with Crippen molar-refractivity contribution in [3.05, 3.63) is 14.7 Å². The Morgan fingerprint density at radius 3 is 2.70 bits per heavy atom. The highest BCUT2D eigenvalue weighted by Crippen LogP contribution is 2.34. The first kappa shape index (κ1) is 16.4. The minimum absolute atomic E-state index is 0.421. The van der Waals surface area contributed by atoms with Crippen molar-refractivity contribution < 1.29 is 8.42 Å². The van der Waals surface area contributed by atoms with E-state index in [9.17, 15) is 8.42 Å². The zero-order valence-electron chi connectivity index (χ0n) is 11.9. The lowest BCUT2D eigenvalue weighted by atomic mass is 10.0. The second-order valence-corrected chi connectivity index (χ2v) is 9.58. The molecule has 1 saturated heterocycles. The van der Waals surface area contributed by atoms with Crippen molar-refractivity contribution in [2.24, 2.45) is 5.92 Å². The third-order valence-electron chi connectivity index (χ3n) is 3.62. The zero-order valence-corrected chi connectivity index (χ0v) is 15.1. The van der Waals surface area contributed by atoms with Gasteiger partial charge in [0.15, 0.2) is 0 Å². The molecule has 1 aromatic rings. The van der Waals surface area contributed by atoms with Gasteiger partial charge in [0, 0.05) is 24.5 Å². The molecule has 0 atom stereocenters. The van der Waals surface area contributed by atoms with Crippen LogP contribution in [0.5, 0.6) is 0 Å². The van der Waals surface area contributed by atoms with Crippen LogP contribution in [-0.4, -0.2) is 32.4 Å². The average molecular weight is 381 g/mol. The third-order valence-corrected chi connectivity index (χ3v) is 7.77. The fourth-order valence-corrected chi connectivity index (χ4v) is 6.35. The number of halogens is 1. The van der Waals surface area contributed by atoms with Gasteiger partial charge in [-0.15, -0.1) is 11.3 Å². The van der Waals surface area contributed by atoms with E-state index in [-0.39, 0.29) is 0 Å². The molecule has 4 nitrogen and oxygen atoms in total. The number of nitrogens with zero attached hydrogens (tertiary/aromatic N) is 1. The van der Waals surface area contributed by atoms with Gasteiger partial charge in [0.2, 0.25) is 10.0 Å². The number of piperidine rings is 1. The summed E-state index contributed by atoms with van der Waals surface area (Å²) in [6.45, 7) is 7.07. The van der Waals surface area contributed by atoms with Crippen molar-refractivity contribution in [1.82, 2.24) is 9.62 Å². The van der Waals surface area contributed by atoms with Gasteiger partial charge in [0.1, 0.15) is 4.90 Å². The zero-order chi connectivity index (χ0) is 14.8. The standard InChI is InChI=1S/C13H21BrN2O2S2/c1-3-15-9-11-8-12(13(14)19-11)20(17,18)16-6-4-10(2)5-7-16/h8,10,15H,3-7,9H2,1-2H3. The molecule has 0 aliphatic carbocycles. The summed E-state index contributed by atoms with van der Waals surface area (Å²) in [6, 6.07) is 1.80. The number of thiophene rings is 1. The van der Waals surface area contributed by atoms with Crippen LogP contribution in [0.4, 0.5) is 0 Å². The van der Waals surface area contributed by atoms with E-state index < -0.39 is 10.0 Å². The first-order chi connectivity index (χ1) is 9.45. The van der Waals surface area contributed by atoms with Gasteiger partial charge >= 0.3 is 0 Å². The van der Waals surface area contributed by atoms with E-state index in [2.05, 4.69) is 28.2 Å². The van der Waals surface area contributed by atoms with Crippen LogP contribution in [0.3, 0.4) is 0 Å². The van der Waals surface area contributed by atoms with Gasteiger partial charge in [-0.05, 0) is 47.3 Å². The molecule has 0 unspecified atom stereocenters. The Labute approximate surface area is 133 Å². The molecule has 0 saturated carbocycles. The molecule has 1 aliphatic heterocycles. The van der Waals surface area contributed by atoms with E-state index in [0.717, 1.165) is 24.3 Å². The fraction of sp³-hybridized carbons (Fsp3) is 0.692. The van der Waals surface area contributed by atoms with Crippen LogP contribution in [0.15, 0.2) is 14.7 Å². The smallest absolute Gasteiger partial charge is 0.245 e. The Morgan fingerprint density at radius 1 is 1.45 bits per heavy atom. The van der Waals surface area contributed by atoms with Crippen molar-refractivity contribution in [2.45, 2.75) is 38.1 Å². The molecule has 0 radical (unpaired) electrons. The SMILES string of the molecule is CCNCc1cc(S(=O)(=O)N2CCC(C)CC2)c(Br)s1. The van der Waals surface area contributed by atoms with Crippen molar-refractivity contribution in [1.29, 1.82) is 0 Å². The largest absolute Gasteiger partial charge is 0.312 e. The van der Waals surface area contributed by atoms with E-state index in [1.54, 1.807) is 10.4 Å². The lowest BCUT2D eigenvalue weighted by molar-refractivity contribution is 0.288. The minimum Gasteiger partial charge on any atom is -0.312 e. The highest BCUT2D eigenvalue weighted by molar-refractivity contribution is 9.11. The molecule has 0 aromatic carbocycles. The molecule has 7 heteroatoms. The summed E-state index contributed by atoms with van der Waals surface area (Å²) in [5, 5.41) is 3.22. The van der Waals surface area contributed by atoms with E-state index in [1.165, 1.54) is 11.3 Å². The summed E-state index contributed by atoms with van der Waals surface area (Å²) < 4.78 is 27.7. The Bertz CT molecular complexity index is 549. The molecule has 2 heterocycles. The summed E-state index contributed by atoms with van der Waals surface area (Å²) >= 11 is 4.90. The second kappa shape index (κ2) is 6.87. The van der Waals surface area contributed by atoms with E-state index in [1.807, 2.05) is 6.92 Å². The first-order valence-electron chi connectivity index (χ1n) is 6.94. The Kier molecular flexibility index (Phi) is 5.64. The summed E-state index contributed by atoms with van der Waals surface area (Å²) in [7, 11) is -3.35. The van der Waals surface area contributed by atoms with Crippen LogP contribution < -0.4 is 5.32 Å². The van der Waals surface area contributed by atoms with Gasteiger partial charge in [-0.25, -0.2) is 8.42 Å². The highest BCUT2D eigenvalue weighted by Gasteiger charge is 2.30. The normalized spacial score (nSPS) is 18.6. The number of nitrogens with one attached hydrogen (secondary N) is 1. The second-order valence-electron chi connectivity index (χ2n) is 5.22. The Hall–Kier alpha value is 0.0500. The topological polar surface area (TPSA) is 49.4 Å². The average Bonchev–Trinajstić information content (AvgIpc) is 2.79. The van der Waals surface area contributed by atoms with E-state index in [0.29, 0.717) is 34.2 Å². The molecule has 1 aromatic heterocycles. The van der Waals surface area contributed by atoms with Crippen LogP contribution in [0, 0.1) is 5.92 Å². The van der Waals surface area contributed by atoms with Crippen molar-refractivity contribution in [2.75, 3.05) is 19.6 Å². The minimum atomic E-state index is -3.35. The summed E-state index contributed by atoms with van der Waals surface area (Å²) in [5.41, 5.74) is 0. The van der Waals surface area contributed by atoms with Crippen LogP contribution >= 0.6 is 27.3 Å². The quantitative estimate of drug-likeness (QED) is 0.853.